The lowest BCUT2D eigenvalue weighted by Crippen LogP contribution is -2.42. The van der Waals surface area contributed by atoms with Crippen molar-refractivity contribution in [3.8, 4) is 0 Å². The van der Waals surface area contributed by atoms with Crippen molar-refractivity contribution in [3.05, 3.63) is 51.9 Å². The second-order valence-electron chi connectivity index (χ2n) is 7.16. The van der Waals surface area contributed by atoms with Gasteiger partial charge in [0, 0.05) is 47.4 Å². The Morgan fingerprint density at radius 3 is 2.97 bits per heavy atom. The van der Waals surface area contributed by atoms with Gasteiger partial charge < -0.3 is 26.5 Å². The zero-order valence-corrected chi connectivity index (χ0v) is 16.9. The number of amides is 1. The lowest BCUT2D eigenvalue weighted by molar-refractivity contribution is -0.139. The average molecular weight is 427 g/mol. The van der Waals surface area contributed by atoms with Gasteiger partial charge in [0.25, 0.3) is 5.91 Å². The van der Waals surface area contributed by atoms with Crippen LogP contribution in [-0.2, 0) is 11.2 Å². The van der Waals surface area contributed by atoms with Crippen LogP contribution in [0.3, 0.4) is 0 Å². The van der Waals surface area contributed by atoms with Crippen molar-refractivity contribution < 1.29 is 14.7 Å². The molecule has 3 atom stereocenters. The SMILES string of the molecule is CC(c1ccc(C(=O)N[C@@H](Cc2cnc[nH]2)C(=O)O)s1)C1CNc2nc(N)ncc21. The summed E-state index contributed by atoms with van der Waals surface area (Å²) >= 11 is 1.36. The van der Waals surface area contributed by atoms with E-state index in [-0.39, 0.29) is 24.2 Å². The zero-order chi connectivity index (χ0) is 21.3. The number of fused-ring (bicyclic) bond motifs is 1. The van der Waals surface area contributed by atoms with E-state index in [9.17, 15) is 14.7 Å². The highest BCUT2D eigenvalue weighted by molar-refractivity contribution is 7.14. The Bertz CT molecular complexity index is 1070. The van der Waals surface area contributed by atoms with Gasteiger partial charge in [0.2, 0.25) is 5.95 Å². The molecule has 30 heavy (non-hydrogen) atoms. The molecule has 0 fully saturated rings. The topological polar surface area (TPSA) is 159 Å². The molecule has 156 valence electrons. The fourth-order valence-electron chi connectivity index (χ4n) is 3.54. The molecule has 0 aliphatic carbocycles. The molecule has 0 bridgehead atoms. The van der Waals surface area contributed by atoms with Crippen LogP contribution < -0.4 is 16.4 Å². The van der Waals surface area contributed by atoms with E-state index in [1.807, 2.05) is 6.07 Å². The first-order valence-corrected chi connectivity index (χ1v) is 10.2. The number of carbonyl (C=O) groups excluding carboxylic acids is 1. The van der Waals surface area contributed by atoms with Crippen molar-refractivity contribution in [2.75, 3.05) is 17.6 Å². The number of carboxylic acids is 1. The number of carboxylic acid groups (broad SMARTS) is 1. The summed E-state index contributed by atoms with van der Waals surface area (Å²) in [4.78, 5) is 40.7. The van der Waals surface area contributed by atoms with Crippen LogP contribution in [0.5, 0.6) is 0 Å². The van der Waals surface area contributed by atoms with Crippen LogP contribution in [0.15, 0.2) is 30.9 Å². The number of nitrogens with one attached hydrogen (secondary N) is 3. The first kappa shape index (κ1) is 19.8. The van der Waals surface area contributed by atoms with Gasteiger partial charge in [-0.25, -0.2) is 14.8 Å². The van der Waals surface area contributed by atoms with Gasteiger partial charge >= 0.3 is 5.97 Å². The third-order valence-corrected chi connectivity index (χ3v) is 6.49. The third-order valence-electron chi connectivity index (χ3n) is 5.21. The molecule has 0 aromatic carbocycles. The van der Waals surface area contributed by atoms with E-state index in [0.29, 0.717) is 17.1 Å². The summed E-state index contributed by atoms with van der Waals surface area (Å²) in [5.41, 5.74) is 7.29. The highest BCUT2D eigenvalue weighted by atomic mass is 32.1. The number of hydrogen-bond acceptors (Lipinski definition) is 8. The molecular weight excluding hydrogens is 406 g/mol. The average Bonchev–Trinajstić information content (AvgIpc) is 3.46. The molecule has 10 nitrogen and oxygen atoms in total. The predicted octanol–water partition coefficient (Wildman–Crippen LogP) is 1.58. The number of thiophene rings is 1. The number of carbonyl (C=O) groups is 2. The number of hydrogen-bond donors (Lipinski definition) is 5. The molecule has 2 unspecified atom stereocenters. The summed E-state index contributed by atoms with van der Waals surface area (Å²) in [5, 5.41) is 15.3. The molecule has 3 aromatic rings. The summed E-state index contributed by atoms with van der Waals surface area (Å²) in [6.45, 7) is 2.79. The normalized spacial score (nSPS) is 17.0. The van der Waals surface area contributed by atoms with Gasteiger partial charge in [-0.1, -0.05) is 6.92 Å². The van der Waals surface area contributed by atoms with Gasteiger partial charge in [0.05, 0.1) is 11.2 Å². The van der Waals surface area contributed by atoms with Crippen LogP contribution >= 0.6 is 11.3 Å². The Balaban J connectivity index is 1.46. The Labute approximate surface area is 176 Å². The van der Waals surface area contributed by atoms with Crippen LogP contribution in [-0.4, -0.2) is 49.5 Å². The molecule has 4 rings (SSSR count). The number of aromatic amines is 1. The second-order valence-corrected chi connectivity index (χ2v) is 8.27. The number of aliphatic carboxylic acids is 1. The molecule has 0 saturated carbocycles. The molecule has 4 heterocycles. The monoisotopic (exact) mass is 427 g/mol. The van der Waals surface area contributed by atoms with Crippen molar-refractivity contribution in [3.63, 3.8) is 0 Å². The van der Waals surface area contributed by atoms with Crippen molar-refractivity contribution >= 4 is 35.0 Å². The van der Waals surface area contributed by atoms with E-state index in [1.54, 1.807) is 12.3 Å². The van der Waals surface area contributed by atoms with Crippen LogP contribution in [0.4, 0.5) is 11.8 Å². The molecule has 3 aromatic heterocycles. The van der Waals surface area contributed by atoms with Gasteiger partial charge in [-0.3, -0.25) is 4.79 Å². The maximum atomic E-state index is 12.6. The van der Waals surface area contributed by atoms with Crippen LogP contribution in [0.1, 0.15) is 44.6 Å². The lowest BCUT2D eigenvalue weighted by Gasteiger charge is -2.17. The Morgan fingerprint density at radius 1 is 1.40 bits per heavy atom. The van der Waals surface area contributed by atoms with Crippen molar-refractivity contribution in [1.29, 1.82) is 0 Å². The standard InChI is InChI=1S/C19H21N7O3S/c1-9(11-6-22-16-12(11)7-23-19(20)26-16)14-2-3-15(30-14)17(27)25-13(18(28)29)4-10-5-21-8-24-10/h2-3,5,7-9,11,13H,4,6H2,1H3,(H,21,24)(H,25,27)(H,28,29)(H3,20,22,23,26)/t9?,11?,13-/m0/s1. The van der Waals surface area contributed by atoms with E-state index in [4.69, 9.17) is 5.73 Å². The number of aromatic nitrogens is 4. The van der Waals surface area contributed by atoms with Gasteiger partial charge in [-0.15, -0.1) is 11.3 Å². The molecule has 11 heteroatoms. The number of imidazole rings is 1. The summed E-state index contributed by atoms with van der Waals surface area (Å²) < 4.78 is 0. The fourth-order valence-corrected chi connectivity index (χ4v) is 4.57. The van der Waals surface area contributed by atoms with E-state index in [1.165, 1.54) is 23.9 Å². The van der Waals surface area contributed by atoms with Gasteiger partial charge in [0.15, 0.2) is 0 Å². The Hall–Kier alpha value is -3.47. The van der Waals surface area contributed by atoms with Crippen LogP contribution in [0.2, 0.25) is 0 Å². The largest absolute Gasteiger partial charge is 0.480 e. The van der Waals surface area contributed by atoms with E-state index >= 15 is 0 Å². The smallest absolute Gasteiger partial charge is 0.326 e. The molecule has 1 amide bonds. The van der Waals surface area contributed by atoms with Gasteiger partial charge in [-0.05, 0) is 18.1 Å². The first-order chi connectivity index (χ1) is 14.4. The number of nitrogens with zero attached hydrogens (tertiary/aromatic N) is 3. The van der Waals surface area contributed by atoms with E-state index < -0.39 is 17.9 Å². The van der Waals surface area contributed by atoms with E-state index in [0.717, 1.165) is 16.3 Å². The number of rotatable bonds is 7. The maximum Gasteiger partial charge on any atom is 0.326 e. The quantitative estimate of drug-likeness (QED) is 0.380. The maximum absolute atomic E-state index is 12.6. The van der Waals surface area contributed by atoms with Crippen molar-refractivity contribution in [2.45, 2.75) is 31.2 Å². The molecule has 6 N–H and O–H groups in total. The minimum atomic E-state index is -1.10. The minimum absolute atomic E-state index is 0.123. The Morgan fingerprint density at radius 2 is 2.23 bits per heavy atom. The molecular formula is C19H21N7O3S. The fraction of sp³-hybridized carbons (Fsp3) is 0.316. The highest BCUT2D eigenvalue weighted by Gasteiger charge is 2.31. The van der Waals surface area contributed by atoms with Crippen LogP contribution in [0, 0.1) is 0 Å². The number of anilines is 2. The molecule has 1 aliphatic rings. The summed E-state index contributed by atoms with van der Waals surface area (Å²) in [6, 6.07) is 2.59. The number of nitrogens with two attached hydrogens (primary N) is 1. The Kier molecular flexibility index (Phi) is 5.36. The summed E-state index contributed by atoms with van der Waals surface area (Å²) in [6.07, 6.45) is 4.88. The molecule has 0 spiro atoms. The molecule has 0 radical (unpaired) electrons. The summed E-state index contributed by atoms with van der Waals surface area (Å²) in [7, 11) is 0. The lowest BCUT2D eigenvalue weighted by atomic mass is 9.89. The predicted molar refractivity (Wildman–Crippen MR) is 112 cm³/mol. The van der Waals surface area contributed by atoms with E-state index in [2.05, 4.69) is 37.5 Å². The van der Waals surface area contributed by atoms with Crippen LogP contribution in [0.25, 0.3) is 0 Å². The van der Waals surface area contributed by atoms with Crippen molar-refractivity contribution in [1.82, 2.24) is 25.3 Å². The first-order valence-electron chi connectivity index (χ1n) is 9.39. The van der Waals surface area contributed by atoms with Gasteiger partial charge in [0.1, 0.15) is 11.9 Å². The summed E-state index contributed by atoms with van der Waals surface area (Å²) in [5.74, 6) is -0.257. The minimum Gasteiger partial charge on any atom is -0.480 e. The number of H-pyrrole nitrogens is 1. The third kappa shape index (κ3) is 3.96. The molecule has 1 aliphatic heterocycles. The van der Waals surface area contributed by atoms with Crippen molar-refractivity contribution in [2.24, 2.45) is 0 Å². The zero-order valence-electron chi connectivity index (χ0n) is 16.1. The number of nitrogen functional groups attached to an aromatic ring is 1. The molecule has 0 saturated heterocycles. The van der Waals surface area contributed by atoms with Gasteiger partial charge in [-0.2, -0.15) is 4.98 Å². The second kappa shape index (κ2) is 8.11. The highest BCUT2D eigenvalue weighted by Crippen LogP contribution is 2.41.